The first kappa shape index (κ1) is 13.7. The summed E-state index contributed by atoms with van der Waals surface area (Å²) in [5.74, 6) is -0.241. The van der Waals surface area contributed by atoms with Gasteiger partial charge in [-0.3, -0.25) is 4.79 Å². The summed E-state index contributed by atoms with van der Waals surface area (Å²) in [5, 5.41) is 2.05. The number of aryl methyl sites for hydroxylation is 1. The van der Waals surface area contributed by atoms with Gasteiger partial charge in [0, 0.05) is 18.9 Å². The van der Waals surface area contributed by atoms with Gasteiger partial charge in [0.1, 0.15) is 0 Å². The molecule has 0 aliphatic rings. The summed E-state index contributed by atoms with van der Waals surface area (Å²) in [6.07, 6.45) is -0.376. The van der Waals surface area contributed by atoms with Gasteiger partial charge in [-0.2, -0.15) is 13.2 Å². The molecule has 0 spiro atoms. The van der Waals surface area contributed by atoms with Gasteiger partial charge >= 0.3 is 6.18 Å². The Balaban J connectivity index is 2.49. The first-order valence-electron chi connectivity index (χ1n) is 5.26. The van der Waals surface area contributed by atoms with Crippen LogP contribution in [0, 0.1) is 0 Å². The molecular formula is C10H14F3N3O. The molecule has 0 saturated heterocycles. The number of halogens is 3. The minimum Gasteiger partial charge on any atom is -0.328 e. The van der Waals surface area contributed by atoms with Crippen LogP contribution in [0.3, 0.4) is 0 Å². The smallest absolute Gasteiger partial charge is 0.328 e. The summed E-state index contributed by atoms with van der Waals surface area (Å²) >= 11 is 0. The van der Waals surface area contributed by atoms with Gasteiger partial charge in [-0.25, -0.2) is 4.98 Å². The highest BCUT2D eigenvalue weighted by atomic mass is 19.4. The van der Waals surface area contributed by atoms with E-state index in [1.807, 2.05) is 6.92 Å². The molecular weight excluding hydrogens is 235 g/mol. The van der Waals surface area contributed by atoms with E-state index >= 15 is 0 Å². The Morgan fingerprint density at radius 2 is 2.24 bits per heavy atom. The highest BCUT2D eigenvalue weighted by Crippen LogP contribution is 2.12. The first-order chi connectivity index (χ1) is 7.94. The number of carbonyl (C=O) groups is 1. The van der Waals surface area contributed by atoms with Crippen LogP contribution < -0.4 is 5.32 Å². The third-order valence-electron chi connectivity index (χ3n) is 2.04. The summed E-state index contributed by atoms with van der Waals surface area (Å²) in [5.41, 5.74) is 0. The molecule has 7 heteroatoms. The van der Waals surface area contributed by atoms with Crippen LogP contribution in [0.5, 0.6) is 0 Å². The molecule has 1 rings (SSSR count). The monoisotopic (exact) mass is 249 g/mol. The SMILES string of the molecule is CCCn1ccnc1C(=O)CNCC(F)(F)F. The van der Waals surface area contributed by atoms with Crippen LogP contribution in [0.4, 0.5) is 13.2 Å². The molecule has 1 aromatic heterocycles. The summed E-state index contributed by atoms with van der Waals surface area (Å²) in [7, 11) is 0. The molecule has 0 aromatic carbocycles. The van der Waals surface area contributed by atoms with Crippen molar-refractivity contribution in [3.05, 3.63) is 18.2 Å². The van der Waals surface area contributed by atoms with Crippen LogP contribution in [0.15, 0.2) is 12.4 Å². The van der Waals surface area contributed by atoms with E-state index in [1.165, 1.54) is 6.20 Å². The molecule has 4 nitrogen and oxygen atoms in total. The van der Waals surface area contributed by atoms with Gasteiger partial charge in [0.25, 0.3) is 0 Å². The minimum atomic E-state index is -4.31. The van der Waals surface area contributed by atoms with Crippen LogP contribution in [0.2, 0.25) is 0 Å². The molecule has 0 fully saturated rings. The maximum Gasteiger partial charge on any atom is 0.401 e. The zero-order chi connectivity index (χ0) is 12.9. The first-order valence-corrected chi connectivity index (χ1v) is 5.26. The van der Waals surface area contributed by atoms with Gasteiger partial charge in [-0.15, -0.1) is 0 Å². The fourth-order valence-electron chi connectivity index (χ4n) is 1.38. The number of ketones is 1. The summed E-state index contributed by atoms with van der Waals surface area (Å²) < 4.78 is 37.2. The van der Waals surface area contributed by atoms with Crippen molar-refractivity contribution < 1.29 is 18.0 Å². The third kappa shape index (κ3) is 4.56. The molecule has 0 atom stereocenters. The average Bonchev–Trinajstić information content (AvgIpc) is 2.64. The van der Waals surface area contributed by atoms with Crippen LogP contribution >= 0.6 is 0 Å². The zero-order valence-electron chi connectivity index (χ0n) is 9.42. The van der Waals surface area contributed by atoms with Crippen LogP contribution in [-0.4, -0.2) is 34.6 Å². The molecule has 17 heavy (non-hydrogen) atoms. The zero-order valence-corrected chi connectivity index (χ0v) is 9.42. The third-order valence-corrected chi connectivity index (χ3v) is 2.04. The lowest BCUT2D eigenvalue weighted by molar-refractivity contribution is -0.124. The normalized spacial score (nSPS) is 11.8. The molecule has 0 amide bonds. The maximum absolute atomic E-state index is 11.9. The highest BCUT2D eigenvalue weighted by molar-refractivity contribution is 5.94. The number of hydrogen-bond acceptors (Lipinski definition) is 3. The van der Waals surface area contributed by atoms with E-state index in [4.69, 9.17) is 0 Å². The molecule has 0 radical (unpaired) electrons. The predicted molar refractivity (Wildman–Crippen MR) is 55.8 cm³/mol. The van der Waals surface area contributed by atoms with Gasteiger partial charge < -0.3 is 9.88 Å². The van der Waals surface area contributed by atoms with Crippen molar-refractivity contribution in [1.82, 2.24) is 14.9 Å². The van der Waals surface area contributed by atoms with Crippen molar-refractivity contribution in [2.75, 3.05) is 13.1 Å². The largest absolute Gasteiger partial charge is 0.401 e. The standard InChI is InChI=1S/C10H14F3N3O/c1-2-4-16-5-3-15-9(16)8(17)6-14-7-10(11,12)13/h3,5,14H,2,4,6-7H2,1H3. The van der Waals surface area contributed by atoms with E-state index in [0.717, 1.165) is 6.42 Å². The van der Waals surface area contributed by atoms with E-state index < -0.39 is 18.5 Å². The molecule has 0 saturated carbocycles. The lowest BCUT2D eigenvalue weighted by Gasteiger charge is -2.08. The Labute approximate surface area is 96.8 Å². The number of alkyl halides is 3. The van der Waals surface area contributed by atoms with Crippen molar-refractivity contribution >= 4 is 5.78 Å². The number of carbonyl (C=O) groups excluding carboxylic acids is 1. The fraction of sp³-hybridized carbons (Fsp3) is 0.600. The number of imidazole rings is 1. The van der Waals surface area contributed by atoms with E-state index in [1.54, 1.807) is 10.8 Å². The topological polar surface area (TPSA) is 46.9 Å². The van der Waals surface area contributed by atoms with E-state index in [2.05, 4.69) is 10.3 Å². The molecule has 0 unspecified atom stereocenters. The Kier molecular flexibility index (Phi) is 4.68. The number of aromatic nitrogens is 2. The molecule has 0 aliphatic heterocycles. The number of rotatable bonds is 6. The van der Waals surface area contributed by atoms with E-state index in [0.29, 0.717) is 6.54 Å². The van der Waals surface area contributed by atoms with Gasteiger partial charge in [0.05, 0.1) is 13.1 Å². The number of hydrogen-bond donors (Lipinski definition) is 1. The number of Topliss-reactive ketones (excluding diaryl/α,β-unsaturated/α-hetero) is 1. The molecule has 96 valence electrons. The van der Waals surface area contributed by atoms with Crippen molar-refractivity contribution in [2.24, 2.45) is 0 Å². The fourth-order valence-corrected chi connectivity index (χ4v) is 1.38. The molecule has 1 heterocycles. The quantitative estimate of drug-likeness (QED) is 0.779. The summed E-state index contributed by atoms with van der Waals surface area (Å²) in [6.45, 7) is 1.03. The Morgan fingerprint density at radius 1 is 1.53 bits per heavy atom. The lowest BCUT2D eigenvalue weighted by Crippen LogP contribution is -2.33. The van der Waals surface area contributed by atoms with Crippen LogP contribution in [-0.2, 0) is 6.54 Å². The van der Waals surface area contributed by atoms with E-state index in [-0.39, 0.29) is 12.4 Å². The summed E-state index contributed by atoms with van der Waals surface area (Å²) in [4.78, 5) is 15.4. The van der Waals surface area contributed by atoms with Gasteiger partial charge in [-0.05, 0) is 6.42 Å². The number of nitrogens with zero attached hydrogens (tertiary/aromatic N) is 2. The minimum absolute atomic E-state index is 0.196. The van der Waals surface area contributed by atoms with Crippen molar-refractivity contribution in [3.63, 3.8) is 0 Å². The van der Waals surface area contributed by atoms with E-state index in [9.17, 15) is 18.0 Å². The lowest BCUT2D eigenvalue weighted by atomic mass is 10.3. The Bertz CT molecular complexity index is 373. The Hall–Kier alpha value is -1.37. The maximum atomic E-state index is 11.9. The van der Waals surface area contributed by atoms with Crippen molar-refractivity contribution in [3.8, 4) is 0 Å². The van der Waals surface area contributed by atoms with Crippen LogP contribution in [0.1, 0.15) is 24.0 Å². The molecule has 1 N–H and O–H groups in total. The molecule has 0 bridgehead atoms. The summed E-state index contributed by atoms with van der Waals surface area (Å²) in [6, 6.07) is 0. The van der Waals surface area contributed by atoms with Gasteiger partial charge in [0.15, 0.2) is 5.82 Å². The molecule has 1 aromatic rings. The van der Waals surface area contributed by atoms with Crippen molar-refractivity contribution in [2.45, 2.75) is 26.1 Å². The van der Waals surface area contributed by atoms with Crippen molar-refractivity contribution in [1.29, 1.82) is 0 Å². The second-order valence-corrected chi connectivity index (χ2v) is 3.59. The van der Waals surface area contributed by atoms with Gasteiger partial charge in [-0.1, -0.05) is 6.92 Å². The number of nitrogens with one attached hydrogen (secondary N) is 1. The predicted octanol–water partition coefficient (Wildman–Crippen LogP) is 1.63. The molecule has 0 aliphatic carbocycles. The highest BCUT2D eigenvalue weighted by Gasteiger charge is 2.26. The van der Waals surface area contributed by atoms with Gasteiger partial charge in [0.2, 0.25) is 5.78 Å². The average molecular weight is 249 g/mol. The Morgan fingerprint density at radius 3 is 2.82 bits per heavy atom. The van der Waals surface area contributed by atoms with Crippen LogP contribution in [0.25, 0.3) is 0 Å². The second kappa shape index (κ2) is 5.81. The second-order valence-electron chi connectivity index (χ2n) is 3.59.